The molecule has 5 heteroatoms. The van der Waals surface area contributed by atoms with Gasteiger partial charge in [0.1, 0.15) is 0 Å². The van der Waals surface area contributed by atoms with Crippen molar-refractivity contribution < 1.29 is 4.79 Å². The lowest BCUT2D eigenvalue weighted by atomic mass is 9.85. The molecule has 4 nitrogen and oxygen atoms in total. The van der Waals surface area contributed by atoms with Gasteiger partial charge in [-0.05, 0) is 45.0 Å². The van der Waals surface area contributed by atoms with Crippen LogP contribution in [-0.4, -0.2) is 37.5 Å². The molecule has 2 rings (SSSR count). The maximum atomic E-state index is 12.4. The SMILES string of the molecule is CN(C)C(CNC(=O)C1CCCC(N)C1)c1ccccc1Cl. The highest BCUT2D eigenvalue weighted by Crippen LogP contribution is 2.26. The summed E-state index contributed by atoms with van der Waals surface area (Å²) in [6.45, 7) is 0.557. The summed E-state index contributed by atoms with van der Waals surface area (Å²) in [6, 6.07) is 8.01. The molecule has 1 aromatic carbocycles. The van der Waals surface area contributed by atoms with Gasteiger partial charge in [0.2, 0.25) is 5.91 Å². The molecule has 0 bridgehead atoms. The second kappa shape index (κ2) is 7.95. The number of amides is 1. The minimum absolute atomic E-state index is 0.0535. The Kier molecular flexibility index (Phi) is 6.24. The van der Waals surface area contributed by atoms with Gasteiger partial charge in [-0.15, -0.1) is 0 Å². The van der Waals surface area contributed by atoms with Gasteiger partial charge in [0.15, 0.2) is 0 Å². The average Bonchev–Trinajstić information content (AvgIpc) is 2.48. The molecule has 0 heterocycles. The van der Waals surface area contributed by atoms with Gasteiger partial charge in [-0.1, -0.05) is 36.2 Å². The van der Waals surface area contributed by atoms with E-state index in [-0.39, 0.29) is 23.9 Å². The molecule has 3 N–H and O–H groups in total. The second-order valence-corrected chi connectivity index (χ2v) is 6.78. The van der Waals surface area contributed by atoms with Gasteiger partial charge < -0.3 is 16.0 Å². The number of nitrogens with two attached hydrogens (primary N) is 1. The number of hydrogen-bond acceptors (Lipinski definition) is 3. The molecular formula is C17H26ClN3O. The number of benzene rings is 1. The Balaban J connectivity index is 1.97. The van der Waals surface area contributed by atoms with Crippen LogP contribution in [-0.2, 0) is 4.79 Å². The standard InChI is InChI=1S/C17H26ClN3O/c1-21(2)16(14-8-3-4-9-15(14)18)11-20-17(22)12-6-5-7-13(19)10-12/h3-4,8-9,12-13,16H,5-7,10-11,19H2,1-2H3,(H,20,22). The van der Waals surface area contributed by atoms with Crippen LogP contribution in [0, 0.1) is 5.92 Å². The maximum absolute atomic E-state index is 12.4. The van der Waals surface area contributed by atoms with Crippen LogP contribution < -0.4 is 11.1 Å². The highest BCUT2D eigenvalue weighted by atomic mass is 35.5. The van der Waals surface area contributed by atoms with Crippen LogP contribution in [0.25, 0.3) is 0 Å². The molecule has 1 amide bonds. The van der Waals surface area contributed by atoms with Crippen LogP contribution >= 0.6 is 11.6 Å². The minimum Gasteiger partial charge on any atom is -0.354 e. The number of nitrogens with one attached hydrogen (secondary N) is 1. The lowest BCUT2D eigenvalue weighted by Crippen LogP contribution is -2.41. The van der Waals surface area contributed by atoms with Crippen LogP contribution in [0.3, 0.4) is 0 Å². The van der Waals surface area contributed by atoms with Crippen molar-refractivity contribution in [2.24, 2.45) is 11.7 Å². The van der Waals surface area contributed by atoms with Crippen LogP contribution in [0.1, 0.15) is 37.3 Å². The predicted octanol–water partition coefficient (Wildman–Crippen LogP) is 2.58. The highest BCUT2D eigenvalue weighted by molar-refractivity contribution is 6.31. The van der Waals surface area contributed by atoms with Gasteiger partial charge in [0.25, 0.3) is 0 Å². The summed E-state index contributed by atoms with van der Waals surface area (Å²) >= 11 is 6.29. The third-order valence-corrected chi connectivity index (χ3v) is 4.79. The minimum atomic E-state index is 0.0535. The van der Waals surface area contributed by atoms with Crippen molar-refractivity contribution in [3.8, 4) is 0 Å². The highest BCUT2D eigenvalue weighted by Gasteiger charge is 2.26. The zero-order valence-corrected chi connectivity index (χ0v) is 14.1. The number of nitrogens with zero attached hydrogens (tertiary/aromatic N) is 1. The molecule has 0 saturated heterocycles. The van der Waals surface area contributed by atoms with Gasteiger partial charge in [-0.3, -0.25) is 4.79 Å². The van der Waals surface area contributed by atoms with E-state index < -0.39 is 0 Å². The molecule has 0 aromatic heterocycles. The Hall–Kier alpha value is -1.10. The van der Waals surface area contributed by atoms with E-state index in [2.05, 4.69) is 10.2 Å². The van der Waals surface area contributed by atoms with E-state index in [1.54, 1.807) is 0 Å². The molecular weight excluding hydrogens is 298 g/mol. The van der Waals surface area contributed by atoms with E-state index >= 15 is 0 Å². The number of hydrogen-bond donors (Lipinski definition) is 2. The van der Waals surface area contributed by atoms with Crippen molar-refractivity contribution in [3.05, 3.63) is 34.9 Å². The quantitative estimate of drug-likeness (QED) is 0.875. The summed E-state index contributed by atoms with van der Waals surface area (Å²) in [4.78, 5) is 14.4. The number of carbonyl (C=O) groups is 1. The van der Waals surface area contributed by atoms with Crippen molar-refractivity contribution in [2.75, 3.05) is 20.6 Å². The summed E-state index contributed by atoms with van der Waals surface area (Å²) in [5.41, 5.74) is 7.01. The second-order valence-electron chi connectivity index (χ2n) is 6.37. The van der Waals surface area contributed by atoms with E-state index in [0.717, 1.165) is 36.3 Å². The molecule has 0 radical (unpaired) electrons. The van der Waals surface area contributed by atoms with E-state index in [1.165, 1.54) is 0 Å². The Morgan fingerprint density at radius 1 is 1.41 bits per heavy atom. The van der Waals surface area contributed by atoms with Crippen molar-refractivity contribution in [3.63, 3.8) is 0 Å². The molecule has 122 valence electrons. The van der Waals surface area contributed by atoms with Crippen molar-refractivity contribution in [1.82, 2.24) is 10.2 Å². The Morgan fingerprint density at radius 3 is 2.77 bits per heavy atom. The molecule has 1 aliphatic carbocycles. The molecule has 22 heavy (non-hydrogen) atoms. The molecule has 0 aliphatic heterocycles. The molecule has 1 aromatic rings. The number of carbonyl (C=O) groups excluding carboxylic acids is 1. The van der Waals surface area contributed by atoms with Gasteiger partial charge >= 0.3 is 0 Å². The fraction of sp³-hybridized carbons (Fsp3) is 0.588. The fourth-order valence-electron chi connectivity index (χ4n) is 3.12. The molecule has 3 atom stereocenters. The van der Waals surface area contributed by atoms with Gasteiger partial charge in [0.05, 0.1) is 6.04 Å². The largest absolute Gasteiger partial charge is 0.354 e. The first kappa shape index (κ1) is 17.3. The Labute approximate surface area is 138 Å². The molecule has 1 saturated carbocycles. The normalized spacial score (nSPS) is 23.3. The zero-order valence-electron chi connectivity index (χ0n) is 13.4. The van der Waals surface area contributed by atoms with Crippen LogP contribution in [0.2, 0.25) is 5.02 Å². The molecule has 0 spiro atoms. The van der Waals surface area contributed by atoms with Gasteiger partial charge in [-0.2, -0.15) is 0 Å². The first-order valence-electron chi connectivity index (χ1n) is 7.93. The third kappa shape index (κ3) is 4.45. The number of halogens is 1. The Bertz CT molecular complexity index is 506. The third-order valence-electron chi connectivity index (χ3n) is 4.44. The topological polar surface area (TPSA) is 58.4 Å². The smallest absolute Gasteiger partial charge is 0.223 e. The molecule has 1 aliphatic rings. The van der Waals surface area contributed by atoms with Crippen LogP contribution in [0.15, 0.2) is 24.3 Å². The zero-order chi connectivity index (χ0) is 16.1. The molecule has 3 unspecified atom stereocenters. The maximum Gasteiger partial charge on any atom is 0.223 e. The van der Waals surface area contributed by atoms with E-state index in [9.17, 15) is 4.79 Å². The monoisotopic (exact) mass is 323 g/mol. The summed E-state index contributed by atoms with van der Waals surface area (Å²) in [5.74, 6) is 0.173. The van der Waals surface area contributed by atoms with Gasteiger partial charge in [0, 0.05) is 23.5 Å². The Morgan fingerprint density at radius 2 is 2.14 bits per heavy atom. The fourth-order valence-corrected chi connectivity index (χ4v) is 3.39. The van der Waals surface area contributed by atoms with Crippen molar-refractivity contribution >= 4 is 17.5 Å². The average molecular weight is 324 g/mol. The van der Waals surface area contributed by atoms with E-state index in [4.69, 9.17) is 17.3 Å². The van der Waals surface area contributed by atoms with Crippen molar-refractivity contribution in [1.29, 1.82) is 0 Å². The van der Waals surface area contributed by atoms with Crippen LogP contribution in [0.5, 0.6) is 0 Å². The van der Waals surface area contributed by atoms with Crippen molar-refractivity contribution in [2.45, 2.75) is 37.8 Å². The number of likely N-dealkylation sites (N-methyl/N-ethyl adjacent to an activating group) is 1. The number of rotatable bonds is 5. The molecule has 1 fully saturated rings. The van der Waals surface area contributed by atoms with E-state index in [0.29, 0.717) is 6.54 Å². The van der Waals surface area contributed by atoms with Crippen LogP contribution in [0.4, 0.5) is 0 Å². The predicted molar refractivity (Wildman–Crippen MR) is 90.8 cm³/mol. The lowest BCUT2D eigenvalue weighted by Gasteiger charge is -2.29. The summed E-state index contributed by atoms with van der Waals surface area (Å²) in [6.07, 6.45) is 3.81. The first-order chi connectivity index (χ1) is 10.5. The summed E-state index contributed by atoms with van der Waals surface area (Å²) in [7, 11) is 3.99. The van der Waals surface area contributed by atoms with E-state index in [1.807, 2.05) is 38.4 Å². The summed E-state index contributed by atoms with van der Waals surface area (Å²) < 4.78 is 0. The first-order valence-corrected chi connectivity index (χ1v) is 8.31. The summed E-state index contributed by atoms with van der Waals surface area (Å²) in [5, 5.41) is 3.82. The van der Waals surface area contributed by atoms with Gasteiger partial charge in [-0.25, -0.2) is 0 Å². The lowest BCUT2D eigenvalue weighted by molar-refractivity contribution is -0.126.